The van der Waals surface area contributed by atoms with E-state index in [4.69, 9.17) is 26.3 Å². The Bertz CT molecular complexity index is 1290. The lowest BCUT2D eigenvalue weighted by molar-refractivity contribution is 0.0104. The minimum atomic E-state index is -1.11. The molecule has 1 N–H and O–H groups in total. The number of aryl methyl sites for hydroxylation is 1. The number of anilines is 2. The maximum Gasteiger partial charge on any atom is 0.410 e. The highest BCUT2D eigenvalue weighted by atomic mass is 35.5. The van der Waals surface area contributed by atoms with Gasteiger partial charge in [0.05, 0.1) is 22.5 Å². The van der Waals surface area contributed by atoms with Crippen LogP contribution in [0.1, 0.15) is 38.4 Å². The molecule has 4 aliphatic rings. The van der Waals surface area contributed by atoms with E-state index < -0.39 is 16.4 Å². The summed E-state index contributed by atoms with van der Waals surface area (Å²) in [6, 6.07) is 8.13. The summed E-state index contributed by atoms with van der Waals surface area (Å²) in [7, 11) is -1.11. The van der Waals surface area contributed by atoms with Gasteiger partial charge in [0.1, 0.15) is 16.3 Å². The van der Waals surface area contributed by atoms with Crippen LogP contribution in [0.5, 0.6) is 0 Å². The summed E-state index contributed by atoms with van der Waals surface area (Å²) >= 11 is 6.06. The summed E-state index contributed by atoms with van der Waals surface area (Å²) in [5, 5.41) is 4.22. The van der Waals surface area contributed by atoms with E-state index >= 15 is 0 Å². The molecule has 3 aliphatic heterocycles. The smallest absolute Gasteiger partial charge is 0.410 e. The Balaban J connectivity index is 1.16. The highest BCUT2D eigenvalue weighted by Crippen LogP contribution is 2.42. The number of aromatic nitrogens is 2. The summed E-state index contributed by atoms with van der Waals surface area (Å²) < 4.78 is 18.2. The molecule has 4 heterocycles. The highest BCUT2D eigenvalue weighted by Gasteiger charge is 2.39. The van der Waals surface area contributed by atoms with Crippen molar-refractivity contribution in [2.75, 3.05) is 42.1 Å². The maximum absolute atomic E-state index is 12.8. The number of ether oxygens (including phenoxy) is 1. The average molecular weight is 542 g/mol. The number of amides is 1. The number of rotatable bonds is 4. The second-order valence-electron chi connectivity index (χ2n) is 11.4. The largest absolute Gasteiger partial charge is 0.444 e. The minimum Gasteiger partial charge on any atom is -0.444 e. The molecule has 196 valence electrons. The van der Waals surface area contributed by atoms with Gasteiger partial charge in [-0.25, -0.2) is 9.78 Å². The van der Waals surface area contributed by atoms with E-state index in [2.05, 4.69) is 28.4 Å². The van der Waals surface area contributed by atoms with Crippen LogP contribution in [0.15, 0.2) is 35.2 Å². The number of carbonyl (C=O) groups is 1. The Kier molecular flexibility index (Phi) is 6.18. The predicted octanol–water partition coefficient (Wildman–Crippen LogP) is 4.36. The van der Waals surface area contributed by atoms with Crippen molar-refractivity contribution >= 4 is 45.8 Å². The quantitative estimate of drug-likeness (QED) is 0.615. The topological polar surface area (TPSA) is 87.7 Å². The van der Waals surface area contributed by atoms with Gasteiger partial charge in [0.15, 0.2) is 0 Å². The summed E-state index contributed by atoms with van der Waals surface area (Å²) in [5.41, 5.74) is 2.99. The number of benzene rings is 1. The summed E-state index contributed by atoms with van der Waals surface area (Å²) in [6.07, 6.45) is 3.82. The van der Waals surface area contributed by atoms with Crippen molar-refractivity contribution in [1.82, 2.24) is 14.9 Å². The highest BCUT2D eigenvalue weighted by molar-refractivity contribution is 7.85. The first kappa shape index (κ1) is 24.7. The molecule has 0 saturated carbocycles. The Morgan fingerprint density at radius 2 is 1.89 bits per heavy atom. The molecule has 3 atom stereocenters. The van der Waals surface area contributed by atoms with Gasteiger partial charge in [0.2, 0.25) is 5.95 Å². The lowest BCUT2D eigenvalue weighted by Gasteiger charge is -2.40. The van der Waals surface area contributed by atoms with Gasteiger partial charge in [0, 0.05) is 43.4 Å². The molecule has 0 bridgehead atoms. The van der Waals surface area contributed by atoms with Crippen molar-refractivity contribution in [2.24, 2.45) is 11.8 Å². The Morgan fingerprint density at radius 1 is 1.14 bits per heavy atom. The van der Waals surface area contributed by atoms with Crippen molar-refractivity contribution in [1.29, 1.82) is 0 Å². The summed E-state index contributed by atoms with van der Waals surface area (Å²) in [6.45, 7) is 8.42. The fraction of sp³-hybridized carbons (Fsp3) is 0.519. The van der Waals surface area contributed by atoms with Gasteiger partial charge in [0.25, 0.3) is 0 Å². The number of hydrogen-bond donors (Lipinski definition) is 1. The number of nitrogens with one attached hydrogen (secondary N) is 1. The van der Waals surface area contributed by atoms with Gasteiger partial charge in [-0.15, -0.1) is 0 Å². The van der Waals surface area contributed by atoms with E-state index in [0.717, 1.165) is 35.1 Å². The van der Waals surface area contributed by atoms with E-state index in [1.54, 1.807) is 4.90 Å². The number of halogens is 1. The normalized spacial score (nSPS) is 25.0. The SMILES string of the molecule is CC(C)(C)OC(=O)N1CC(Nc2nc(N3CC4C=C(c5ccc(Cl)cc5)CC4C3)nc3c2[S@](=O)CC3)C1. The monoisotopic (exact) mass is 541 g/mol. The molecular formula is C27H32ClN5O3S. The zero-order chi connectivity index (χ0) is 25.9. The molecule has 1 aliphatic carbocycles. The molecule has 0 spiro atoms. The fourth-order valence-electron chi connectivity index (χ4n) is 5.61. The van der Waals surface area contributed by atoms with Crippen LogP contribution in [0.2, 0.25) is 5.02 Å². The zero-order valence-electron chi connectivity index (χ0n) is 21.4. The Hall–Kier alpha value is -2.65. The van der Waals surface area contributed by atoms with Gasteiger partial charge >= 0.3 is 6.09 Å². The second-order valence-corrected chi connectivity index (χ2v) is 13.4. The van der Waals surface area contributed by atoms with Crippen LogP contribution in [-0.4, -0.2) is 68.7 Å². The lowest BCUT2D eigenvalue weighted by atomic mass is 9.98. The first-order valence-corrected chi connectivity index (χ1v) is 14.6. The molecule has 6 rings (SSSR count). The van der Waals surface area contributed by atoms with Crippen LogP contribution < -0.4 is 10.2 Å². The minimum absolute atomic E-state index is 0.0415. The number of allylic oxidation sites excluding steroid dienone is 1. The molecule has 1 amide bonds. The van der Waals surface area contributed by atoms with Crippen LogP contribution in [0.4, 0.5) is 16.6 Å². The Morgan fingerprint density at radius 3 is 2.59 bits per heavy atom. The number of fused-ring (bicyclic) bond motifs is 2. The summed E-state index contributed by atoms with van der Waals surface area (Å²) in [5.74, 6) is 2.93. The predicted molar refractivity (Wildman–Crippen MR) is 145 cm³/mol. The molecule has 2 saturated heterocycles. The van der Waals surface area contributed by atoms with Crippen molar-refractivity contribution in [3.8, 4) is 0 Å². The van der Waals surface area contributed by atoms with Crippen LogP contribution in [-0.2, 0) is 22.0 Å². The molecule has 2 aromatic rings. The average Bonchev–Trinajstić information content (AvgIpc) is 3.48. The first-order chi connectivity index (χ1) is 17.6. The van der Waals surface area contributed by atoms with Crippen LogP contribution in [0, 0.1) is 11.8 Å². The van der Waals surface area contributed by atoms with E-state index in [-0.39, 0.29) is 12.1 Å². The van der Waals surface area contributed by atoms with E-state index in [9.17, 15) is 9.00 Å². The molecule has 10 heteroatoms. The van der Waals surface area contributed by atoms with Crippen molar-refractivity contribution in [3.05, 3.63) is 46.6 Å². The number of nitrogens with zero attached hydrogens (tertiary/aromatic N) is 4. The first-order valence-electron chi connectivity index (χ1n) is 12.9. The van der Waals surface area contributed by atoms with E-state index in [0.29, 0.717) is 48.9 Å². The van der Waals surface area contributed by atoms with Gasteiger partial charge in [-0.2, -0.15) is 4.98 Å². The third-order valence-electron chi connectivity index (χ3n) is 7.44. The summed E-state index contributed by atoms with van der Waals surface area (Å²) in [4.78, 5) is 26.7. The Labute approximate surface area is 224 Å². The molecule has 1 aromatic heterocycles. The van der Waals surface area contributed by atoms with Crippen LogP contribution in [0.3, 0.4) is 0 Å². The van der Waals surface area contributed by atoms with E-state index in [1.165, 1.54) is 11.1 Å². The van der Waals surface area contributed by atoms with E-state index in [1.807, 2.05) is 32.9 Å². The van der Waals surface area contributed by atoms with Crippen molar-refractivity contribution in [3.63, 3.8) is 0 Å². The second kappa shape index (κ2) is 9.27. The molecule has 0 radical (unpaired) electrons. The zero-order valence-corrected chi connectivity index (χ0v) is 22.9. The maximum atomic E-state index is 12.8. The van der Waals surface area contributed by atoms with Crippen LogP contribution in [0.25, 0.3) is 5.57 Å². The lowest BCUT2D eigenvalue weighted by Crippen LogP contribution is -2.58. The number of hydrogen-bond acceptors (Lipinski definition) is 7. The fourth-order valence-corrected chi connectivity index (χ4v) is 7.05. The van der Waals surface area contributed by atoms with Crippen LogP contribution >= 0.6 is 11.6 Å². The van der Waals surface area contributed by atoms with Crippen molar-refractivity contribution < 1.29 is 13.7 Å². The van der Waals surface area contributed by atoms with Gasteiger partial charge in [-0.05, 0) is 62.3 Å². The molecule has 1 aromatic carbocycles. The third-order valence-corrected chi connectivity index (χ3v) is 9.15. The molecule has 37 heavy (non-hydrogen) atoms. The molecule has 2 unspecified atom stereocenters. The molecule has 2 fully saturated rings. The third kappa shape index (κ3) is 4.95. The van der Waals surface area contributed by atoms with Gasteiger partial charge < -0.3 is 19.9 Å². The van der Waals surface area contributed by atoms with Gasteiger partial charge in [-0.1, -0.05) is 29.8 Å². The number of likely N-dealkylation sites (tertiary alicyclic amines) is 1. The number of carbonyl (C=O) groups excluding carboxylic acids is 1. The standard InChI is InChI=1S/C27H32ClN5O3S/c1-27(2,3)36-26(34)33-14-21(15-33)29-24-23-22(8-9-37(23)35)30-25(31-24)32-12-18-10-17(11-19(18)13-32)16-4-6-20(28)7-5-16/h4-7,10,18-19,21H,8-9,11-15H2,1-3H3,(H,29,30,31)/t18?,19?,37-/m1/s1. The van der Waals surface area contributed by atoms with Crippen molar-refractivity contribution in [2.45, 2.75) is 50.2 Å². The molecular weight excluding hydrogens is 510 g/mol. The van der Waals surface area contributed by atoms with Gasteiger partial charge in [-0.3, -0.25) is 4.21 Å². The molecule has 8 nitrogen and oxygen atoms in total.